The van der Waals surface area contributed by atoms with Gasteiger partial charge in [-0.2, -0.15) is 0 Å². The average molecular weight is 437 g/mol. The van der Waals surface area contributed by atoms with Gasteiger partial charge in [-0.25, -0.2) is 31.9 Å². The van der Waals surface area contributed by atoms with Gasteiger partial charge in [-0.3, -0.25) is 0 Å². The molecule has 1 aromatic heterocycles. The molecule has 1 heterocycles. The Hall–Kier alpha value is -2.75. The third-order valence-electron chi connectivity index (χ3n) is 5.01. The summed E-state index contributed by atoms with van der Waals surface area (Å²) in [6.45, 7) is 1.45. The van der Waals surface area contributed by atoms with Gasteiger partial charge < -0.3 is 9.47 Å². The van der Waals surface area contributed by atoms with Crippen LogP contribution in [0.1, 0.15) is 37.4 Å². The normalized spacial score (nSPS) is 15.9. The zero-order chi connectivity index (χ0) is 21.9. The first-order valence-corrected chi connectivity index (χ1v) is 11.0. The van der Waals surface area contributed by atoms with Crippen LogP contribution in [0.4, 0.5) is 10.3 Å². The lowest BCUT2D eigenvalue weighted by Crippen LogP contribution is -2.37. The van der Waals surface area contributed by atoms with Gasteiger partial charge >= 0.3 is 5.97 Å². The standard InChI is InChI=1S/C20H24FN3O5S/c1-4-20(21,18(25)29-3)17-11-12-22-19(23-17)24(30(26,27)16-9-10-16)13-14-5-7-15(28-2)8-6-14/h5-8,11-12,16H,4,9-10,13H2,1-3H3. The van der Waals surface area contributed by atoms with Crippen LogP contribution in [0.3, 0.4) is 0 Å². The summed E-state index contributed by atoms with van der Waals surface area (Å²) in [6, 6.07) is 8.15. The molecule has 1 saturated carbocycles. The molecule has 0 amide bonds. The van der Waals surface area contributed by atoms with Crippen molar-refractivity contribution in [3.05, 3.63) is 47.8 Å². The molecule has 0 spiro atoms. The topological polar surface area (TPSA) is 98.7 Å². The first-order chi connectivity index (χ1) is 14.3. The van der Waals surface area contributed by atoms with Crippen molar-refractivity contribution in [1.82, 2.24) is 9.97 Å². The molecule has 3 rings (SSSR count). The minimum Gasteiger partial charge on any atom is -0.497 e. The number of carbonyl (C=O) groups is 1. The smallest absolute Gasteiger partial charge is 0.349 e. The number of sulfonamides is 1. The van der Waals surface area contributed by atoms with E-state index in [-0.39, 0.29) is 24.6 Å². The van der Waals surface area contributed by atoms with Gasteiger partial charge in [0.1, 0.15) is 5.75 Å². The first kappa shape index (κ1) is 21.9. The van der Waals surface area contributed by atoms with E-state index < -0.39 is 26.9 Å². The largest absolute Gasteiger partial charge is 0.497 e. The summed E-state index contributed by atoms with van der Waals surface area (Å²) >= 11 is 0. The van der Waals surface area contributed by atoms with Crippen LogP contribution in [-0.2, 0) is 31.8 Å². The van der Waals surface area contributed by atoms with Gasteiger partial charge in [-0.1, -0.05) is 19.1 Å². The number of alkyl halides is 1. The van der Waals surface area contributed by atoms with Crippen molar-refractivity contribution in [1.29, 1.82) is 0 Å². The zero-order valence-electron chi connectivity index (χ0n) is 17.0. The van der Waals surface area contributed by atoms with Gasteiger partial charge in [-0.05, 0) is 43.0 Å². The van der Waals surface area contributed by atoms with Crippen LogP contribution in [0.15, 0.2) is 36.5 Å². The van der Waals surface area contributed by atoms with Gasteiger partial charge in [0.25, 0.3) is 0 Å². The summed E-state index contributed by atoms with van der Waals surface area (Å²) < 4.78 is 52.3. The maximum absolute atomic E-state index is 15.3. The number of carbonyl (C=O) groups excluding carboxylic acids is 1. The summed E-state index contributed by atoms with van der Waals surface area (Å²) in [6.07, 6.45) is 2.12. The number of hydrogen-bond acceptors (Lipinski definition) is 7. The van der Waals surface area contributed by atoms with Crippen LogP contribution in [0.5, 0.6) is 5.75 Å². The van der Waals surface area contributed by atoms with Gasteiger partial charge in [0.15, 0.2) is 0 Å². The maximum Gasteiger partial charge on any atom is 0.349 e. The van der Waals surface area contributed by atoms with Crippen LogP contribution in [-0.4, -0.2) is 43.8 Å². The fourth-order valence-electron chi connectivity index (χ4n) is 3.00. The van der Waals surface area contributed by atoms with Crippen LogP contribution in [0.2, 0.25) is 0 Å². The summed E-state index contributed by atoms with van der Waals surface area (Å²) in [4.78, 5) is 20.2. The van der Waals surface area contributed by atoms with E-state index >= 15 is 4.39 Å². The number of methoxy groups -OCH3 is 2. The van der Waals surface area contributed by atoms with Crippen molar-refractivity contribution >= 4 is 21.9 Å². The predicted octanol–water partition coefficient (Wildman–Crippen LogP) is 2.73. The second-order valence-corrected chi connectivity index (χ2v) is 9.12. The minimum atomic E-state index is -3.75. The molecule has 0 saturated heterocycles. The molecule has 8 nitrogen and oxygen atoms in total. The Kier molecular flexibility index (Phi) is 6.25. The summed E-state index contributed by atoms with van der Waals surface area (Å²) in [5.41, 5.74) is -2.06. The van der Waals surface area contributed by atoms with E-state index in [1.165, 1.54) is 26.3 Å². The number of esters is 1. The van der Waals surface area contributed by atoms with Gasteiger partial charge in [0, 0.05) is 6.20 Å². The quantitative estimate of drug-likeness (QED) is 0.556. The first-order valence-electron chi connectivity index (χ1n) is 9.51. The van der Waals surface area contributed by atoms with Gasteiger partial charge in [0.2, 0.25) is 21.6 Å². The predicted molar refractivity (Wildman–Crippen MR) is 108 cm³/mol. The number of ether oxygens (including phenoxy) is 2. The van der Waals surface area contributed by atoms with E-state index in [2.05, 4.69) is 14.7 Å². The summed E-state index contributed by atoms with van der Waals surface area (Å²) in [5, 5.41) is -0.523. The number of aromatic nitrogens is 2. The Morgan fingerprint density at radius 1 is 1.23 bits per heavy atom. The molecule has 0 N–H and O–H groups in total. The third-order valence-corrected chi connectivity index (χ3v) is 7.23. The lowest BCUT2D eigenvalue weighted by molar-refractivity contribution is -0.156. The number of anilines is 1. The highest BCUT2D eigenvalue weighted by Gasteiger charge is 2.44. The van der Waals surface area contributed by atoms with E-state index in [9.17, 15) is 13.2 Å². The van der Waals surface area contributed by atoms with Crippen molar-refractivity contribution < 1.29 is 27.1 Å². The number of rotatable bonds is 9. The fraction of sp³-hybridized carbons (Fsp3) is 0.450. The molecule has 0 aliphatic heterocycles. The van der Waals surface area contributed by atoms with Crippen molar-refractivity contribution in [2.75, 3.05) is 18.5 Å². The molecule has 1 aromatic carbocycles. The lowest BCUT2D eigenvalue weighted by atomic mass is 9.98. The highest BCUT2D eigenvalue weighted by atomic mass is 32.2. The van der Waals surface area contributed by atoms with Crippen LogP contribution < -0.4 is 9.04 Å². The molecule has 30 heavy (non-hydrogen) atoms. The van der Waals surface area contributed by atoms with Crippen molar-refractivity contribution in [3.63, 3.8) is 0 Å². The number of benzene rings is 1. The number of nitrogens with zero attached hydrogens (tertiary/aromatic N) is 3. The molecule has 1 unspecified atom stereocenters. The Morgan fingerprint density at radius 2 is 1.90 bits per heavy atom. The third kappa shape index (κ3) is 4.23. The average Bonchev–Trinajstić information content (AvgIpc) is 3.63. The number of halogens is 1. The lowest BCUT2D eigenvalue weighted by Gasteiger charge is -2.25. The van der Waals surface area contributed by atoms with Crippen LogP contribution in [0, 0.1) is 0 Å². The maximum atomic E-state index is 15.3. The Morgan fingerprint density at radius 3 is 2.43 bits per heavy atom. The molecule has 1 fully saturated rings. The van der Waals surface area contributed by atoms with Gasteiger partial charge in [-0.15, -0.1) is 0 Å². The Labute approximate surface area is 175 Å². The highest BCUT2D eigenvalue weighted by Crippen LogP contribution is 2.35. The Bertz CT molecular complexity index is 1010. The summed E-state index contributed by atoms with van der Waals surface area (Å²) in [7, 11) is -1.13. The summed E-state index contributed by atoms with van der Waals surface area (Å²) in [5.74, 6) is -0.646. The van der Waals surface area contributed by atoms with Crippen LogP contribution in [0.25, 0.3) is 0 Å². The Balaban J connectivity index is 2.02. The molecule has 1 atom stereocenters. The molecule has 1 aliphatic carbocycles. The van der Waals surface area contributed by atoms with E-state index in [1.54, 1.807) is 24.3 Å². The highest BCUT2D eigenvalue weighted by molar-refractivity contribution is 7.93. The van der Waals surface area contributed by atoms with E-state index in [0.29, 0.717) is 24.2 Å². The molecule has 0 radical (unpaired) electrons. The molecule has 0 bridgehead atoms. The molecule has 2 aromatic rings. The van der Waals surface area contributed by atoms with E-state index in [1.807, 2.05) is 0 Å². The second-order valence-electron chi connectivity index (χ2n) is 6.99. The molecular formula is C20H24FN3O5S. The minimum absolute atomic E-state index is 0.0318. The zero-order valence-corrected chi connectivity index (χ0v) is 17.9. The molecular weight excluding hydrogens is 413 g/mol. The fourth-order valence-corrected chi connectivity index (χ4v) is 4.73. The SMILES string of the molecule is CCC(F)(C(=O)OC)c1ccnc(N(Cc2ccc(OC)cc2)S(=O)(=O)C2CC2)n1. The van der Waals surface area contributed by atoms with Gasteiger partial charge in [0.05, 0.1) is 31.7 Å². The second kappa shape index (κ2) is 8.55. The van der Waals surface area contributed by atoms with E-state index in [4.69, 9.17) is 4.74 Å². The number of hydrogen-bond donors (Lipinski definition) is 0. The van der Waals surface area contributed by atoms with Crippen molar-refractivity contribution in [2.45, 2.75) is 43.6 Å². The molecule has 162 valence electrons. The van der Waals surface area contributed by atoms with Crippen LogP contribution >= 0.6 is 0 Å². The van der Waals surface area contributed by atoms with Crippen molar-refractivity contribution in [3.8, 4) is 5.75 Å². The monoisotopic (exact) mass is 437 g/mol. The molecule has 10 heteroatoms. The van der Waals surface area contributed by atoms with E-state index in [0.717, 1.165) is 11.4 Å². The van der Waals surface area contributed by atoms with Crippen molar-refractivity contribution in [2.24, 2.45) is 0 Å². The molecule has 1 aliphatic rings.